The Kier molecular flexibility index (Phi) is 5.78. The monoisotopic (exact) mass is 506 g/mol. The molecule has 2 atom stereocenters. The molecule has 2 N–H and O–H groups in total. The van der Waals surface area contributed by atoms with Crippen molar-refractivity contribution in [2.75, 3.05) is 12.3 Å². The quantitative estimate of drug-likeness (QED) is 0.373. The van der Waals surface area contributed by atoms with E-state index in [2.05, 4.69) is 15.9 Å². The Morgan fingerprint density at radius 2 is 1.85 bits per heavy atom. The molecule has 7 nitrogen and oxygen atoms in total. The number of halogens is 1. The highest BCUT2D eigenvalue weighted by molar-refractivity contribution is 9.10. The van der Waals surface area contributed by atoms with Crippen LogP contribution in [0.3, 0.4) is 0 Å². The Balaban J connectivity index is 1.50. The van der Waals surface area contributed by atoms with Crippen LogP contribution in [-0.2, 0) is 16.0 Å². The second-order valence-corrected chi connectivity index (χ2v) is 8.94. The molecule has 1 saturated heterocycles. The molecule has 0 unspecified atom stereocenters. The van der Waals surface area contributed by atoms with Crippen molar-refractivity contribution in [3.8, 4) is 16.9 Å². The Morgan fingerprint density at radius 3 is 2.55 bits per heavy atom. The zero-order valence-electron chi connectivity index (χ0n) is 18.0. The highest BCUT2D eigenvalue weighted by Gasteiger charge is 2.40. The van der Waals surface area contributed by atoms with E-state index in [1.165, 1.54) is 0 Å². The van der Waals surface area contributed by atoms with E-state index in [0.717, 1.165) is 38.2 Å². The number of carbonyl (C=O) groups is 1. The number of aromatic nitrogens is 2. The summed E-state index contributed by atoms with van der Waals surface area (Å²) in [5.74, 6) is -0.0371. The molecule has 4 aromatic rings. The fraction of sp³-hybridized carbons (Fsp3) is 0.200. The van der Waals surface area contributed by atoms with Gasteiger partial charge < -0.3 is 19.8 Å². The molecule has 5 rings (SSSR count). The van der Waals surface area contributed by atoms with Crippen LogP contribution in [0.25, 0.3) is 16.9 Å². The van der Waals surface area contributed by atoms with Gasteiger partial charge in [0.05, 0.1) is 18.2 Å². The molecule has 0 aliphatic carbocycles. The third-order valence-electron chi connectivity index (χ3n) is 5.76. The summed E-state index contributed by atoms with van der Waals surface area (Å²) in [7, 11) is 0. The molecule has 1 aliphatic heterocycles. The summed E-state index contributed by atoms with van der Waals surface area (Å²) in [6.07, 6.45) is 4.81. The Labute approximate surface area is 199 Å². The molecule has 8 heteroatoms. The first-order valence-corrected chi connectivity index (χ1v) is 11.5. The fourth-order valence-electron chi connectivity index (χ4n) is 3.99. The van der Waals surface area contributed by atoms with Crippen LogP contribution < -0.4 is 5.73 Å². The number of anilines is 1. The molecule has 33 heavy (non-hydrogen) atoms. The number of furan rings is 1. The van der Waals surface area contributed by atoms with Gasteiger partial charge in [0.15, 0.2) is 6.23 Å². The van der Waals surface area contributed by atoms with Crippen molar-refractivity contribution < 1.29 is 13.9 Å². The lowest BCUT2D eigenvalue weighted by atomic mass is 10.1. The maximum atomic E-state index is 13.0. The van der Waals surface area contributed by atoms with Gasteiger partial charge in [-0.25, -0.2) is 4.68 Å². The second-order valence-electron chi connectivity index (χ2n) is 8.02. The normalized spacial score (nSPS) is 18.2. The summed E-state index contributed by atoms with van der Waals surface area (Å²) in [6, 6.07) is 17.4. The van der Waals surface area contributed by atoms with Crippen LogP contribution in [0.2, 0.25) is 0 Å². The van der Waals surface area contributed by atoms with Gasteiger partial charge >= 0.3 is 0 Å². The maximum absolute atomic E-state index is 13.0. The van der Waals surface area contributed by atoms with Crippen LogP contribution in [0.1, 0.15) is 24.3 Å². The minimum absolute atomic E-state index is 0.0371. The number of ether oxygens (including phenoxy) is 1. The molecule has 2 aromatic heterocycles. The second kappa shape index (κ2) is 8.88. The molecule has 0 saturated carbocycles. The van der Waals surface area contributed by atoms with Gasteiger partial charge in [-0.05, 0) is 61.4 Å². The van der Waals surface area contributed by atoms with E-state index in [0.29, 0.717) is 13.0 Å². The molecular weight excluding hydrogens is 484 g/mol. The summed E-state index contributed by atoms with van der Waals surface area (Å²) in [5.41, 5.74) is 10.9. The van der Waals surface area contributed by atoms with Crippen LogP contribution in [0.4, 0.5) is 5.69 Å². The third kappa shape index (κ3) is 4.31. The molecule has 0 spiro atoms. The molecule has 1 aliphatic rings. The zero-order valence-corrected chi connectivity index (χ0v) is 19.6. The minimum atomic E-state index is -0.546. The van der Waals surface area contributed by atoms with Gasteiger partial charge in [0.2, 0.25) is 0 Å². The van der Waals surface area contributed by atoms with Crippen LogP contribution in [0.5, 0.6) is 0 Å². The highest BCUT2D eigenvalue weighted by atomic mass is 79.9. The van der Waals surface area contributed by atoms with Gasteiger partial charge in [0.1, 0.15) is 11.8 Å². The number of hydrogen-bond donors (Lipinski definition) is 1. The SMILES string of the molecule is C[C@H]1O[C@@H](c2cn(-c3ccc(Br)cc3)nc2-c2ccoc2)N(CCc2ccc(N)cc2)C1=O. The summed E-state index contributed by atoms with van der Waals surface area (Å²) >= 11 is 3.47. The van der Waals surface area contributed by atoms with Crippen LogP contribution in [0, 0.1) is 0 Å². The fourth-order valence-corrected chi connectivity index (χ4v) is 4.26. The van der Waals surface area contributed by atoms with E-state index in [4.69, 9.17) is 20.0 Å². The third-order valence-corrected chi connectivity index (χ3v) is 6.29. The van der Waals surface area contributed by atoms with E-state index < -0.39 is 12.3 Å². The Morgan fingerprint density at radius 1 is 1.09 bits per heavy atom. The maximum Gasteiger partial charge on any atom is 0.253 e. The summed E-state index contributed by atoms with van der Waals surface area (Å²) < 4.78 is 14.3. The van der Waals surface area contributed by atoms with Crippen molar-refractivity contribution in [2.24, 2.45) is 0 Å². The first-order valence-electron chi connectivity index (χ1n) is 10.7. The molecule has 1 amide bonds. The molecule has 168 valence electrons. The topological polar surface area (TPSA) is 86.5 Å². The highest BCUT2D eigenvalue weighted by Crippen LogP contribution is 2.37. The van der Waals surface area contributed by atoms with Gasteiger partial charge in [-0.2, -0.15) is 5.10 Å². The van der Waals surface area contributed by atoms with Crippen LogP contribution in [0.15, 0.2) is 82.2 Å². The molecule has 1 fully saturated rings. The lowest BCUT2D eigenvalue weighted by molar-refractivity contribution is -0.130. The number of carbonyl (C=O) groups excluding carboxylic acids is 1. The van der Waals surface area contributed by atoms with Crippen molar-refractivity contribution in [1.82, 2.24) is 14.7 Å². The van der Waals surface area contributed by atoms with E-state index in [1.54, 1.807) is 29.0 Å². The number of nitrogens with zero attached hydrogens (tertiary/aromatic N) is 3. The predicted octanol–water partition coefficient (Wildman–Crippen LogP) is 4.97. The Bertz CT molecular complexity index is 1250. The van der Waals surface area contributed by atoms with Gasteiger partial charge in [-0.1, -0.05) is 28.1 Å². The van der Waals surface area contributed by atoms with Crippen LogP contribution in [-0.4, -0.2) is 33.2 Å². The first kappa shape index (κ1) is 21.5. The van der Waals surface area contributed by atoms with Crippen molar-refractivity contribution in [1.29, 1.82) is 0 Å². The van der Waals surface area contributed by atoms with Crippen molar-refractivity contribution in [2.45, 2.75) is 25.7 Å². The Hall–Kier alpha value is -3.36. The van der Waals surface area contributed by atoms with Crippen molar-refractivity contribution in [3.63, 3.8) is 0 Å². The number of rotatable bonds is 6. The van der Waals surface area contributed by atoms with E-state index >= 15 is 0 Å². The summed E-state index contributed by atoms with van der Waals surface area (Å²) in [4.78, 5) is 14.8. The number of nitrogen functional groups attached to an aromatic ring is 1. The standard InChI is InChI=1S/C25H23BrN4O3/c1-16-24(31)29(12-10-17-2-6-20(27)7-3-17)25(33-16)22-14-30(21-8-4-19(26)5-9-21)28-23(22)18-11-13-32-15-18/h2-9,11,13-16,25H,10,12,27H2,1H3/t16-,25+/m1/s1. The number of hydrogen-bond acceptors (Lipinski definition) is 5. The van der Waals surface area contributed by atoms with Crippen LogP contribution >= 0.6 is 15.9 Å². The van der Waals surface area contributed by atoms with Gasteiger partial charge in [0, 0.05) is 34.0 Å². The lowest BCUT2D eigenvalue weighted by Crippen LogP contribution is -2.32. The van der Waals surface area contributed by atoms with E-state index in [9.17, 15) is 4.79 Å². The number of benzene rings is 2. The van der Waals surface area contributed by atoms with Crippen molar-refractivity contribution in [3.05, 3.63) is 88.9 Å². The average molecular weight is 507 g/mol. The number of nitrogens with two attached hydrogens (primary N) is 1. The van der Waals surface area contributed by atoms with Crippen molar-refractivity contribution >= 4 is 27.5 Å². The summed E-state index contributed by atoms with van der Waals surface area (Å²) in [5, 5.41) is 4.82. The molecule has 3 heterocycles. The van der Waals surface area contributed by atoms with Gasteiger partial charge in [-0.15, -0.1) is 0 Å². The van der Waals surface area contributed by atoms with E-state index in [1.807, 2.05) is 60.8 Å². The molecule has 2 aromatic carbocycles. The smallest absolute Gasteiger partial charge is 0.253 e. The summed E-state index contributed by atoms with van der Waals surface area (Å²) in [6.45, 7) is 2.31. The molecule has 0 radical (unpaired) electrons. The van der Waals surface area contributed by atoms with Gasteiger partial charge in [0.25, 0.3) is 5.91 Å². The number of amides is 1. The van der Waals surface area contributed by atoms with E-state index in [-0.39, 0.29) is 5.91 Å². The zero-order chi connectivity index (χ0) is 22.9. The lowest BCUT2D eigenvalue weighted by Gasteiger charge is -2.23. The largest absolute Gasteiger partial charge is 0.472 e. The molecule has 0 bridgehead atoms. The van der Waals surface area contributed by atoms with Gasteiger partial charge in [-0.3, -0.25) is 4.79 Å². The molecular formula is C25H23BrN4O3. The first-order chi connectivity index (χ1) is 16.0. The predicted molar refractivity (Wildman–Crippen MR) is 129 cm³/mol. The minimum Gasteiger partial charge on any atom is -0.472 e. The average Bonchev–Trinajstić information content (AvgIpc) is 3.54.